The van der Waals surface area contributed by atoms with E-state index in [0.717, 1.165) is 12.8 Å². The van der Waals surface area contributed by atoms with Crippen molar-refractivity contribution < 1.29 is 16.8 Å². The summed E-state index contributed by atoms with van der Waals surface area (Å²) >= 11 is 0. The van der Waals surface area contributed by atoms with E-state index < -0.39 is 20.0 Å². The topological polar surface area (TPSA) is 175 Å². The van der Waals surface area contributed by atoms with Crippen molar-refractivity contribution in [1.82, 2.24) is 20.6 Å². The Morgan fingerprint density at radius 3 is 2.11 bits per heavy atom. The van der Waals surface area contributed by atoms with Crippen LogP contribution in [-0.4, -0.2) is 37.5 Å². The van der Waals surface area contributed by atoms with E-state index in [-0.39, 0.29) is 27.1 Å². The smallest absolute Gasteiger partial charge is 0.225 e. The van der Waals surface area contributed by atoms with Gasteiger partial charge >= 0.3 is 0 Å². The minimum absolute atomic E-state index is 0.0376. The van der Waals surface area contributed by atoms with Gasteiger partial charge in [0.15, 0.2) is 0 Å². The van der Waals surface area contributed by atoms with E-state index in [9.17, 15) is 16.8 Å². The molecule has 1 fully saturated rings. The molecule has 0 unspecified atom stereocenters. The lowest BCUT2D eigenvalue weighted by Crippen LogP contribution is -2.17. The molecular weight excluding hydrogens is 404 g/mol. The molecule has 0 atom stereocenters. The summed E-state index contributed by atoms with van der Waals surface area (Å²) in [6, 6.07) is 9.22. The first-order valence-corrected chi connectivity index (χ1v) is 11.3. The molecule has 1 aliphatic rings. The highest BCUT2D eigenvalue weighted by Crippen LogP contribution is 2.47. The minimum Gasteiger partial charge on any atom is -0.225 e. The number of primary sulfonamides is 2. The van der Waals surface area contributed by atoms with E-state index >= 15 is 0 Å². The lowest BCUT2D eigenvalue weighted by atomic mass is 9.95. The number of H-pyrrole nitrogens is 1. The first-order valence-electron chi connectivity index (χ1n) is 8.23. The molecule has 28 heavy (non-hydrogen) atoms. The lowest BCUT2D eigenvalue weighted by Gasteiger charge is -2.16. The van der Waals surface area contributed by atoms with Crippen LogP contribution in [-0.2, 0) is 20.0 Å². The van der Waals surface area contributed by atoms with Crippen molar-refractivity contribution in [3.63, 3.8) is 0 Å². The second-order valence-electron chi connectivity index (χ2n) is 6.53. The molecule has 2 aromatic carbocycles. The van der Waals surface area contributed by atoms with Gasteiger partial charge in [-0.25, -0.2) is 27.1 Å². The molecule has 0 aliphatic heterocycles. The van der Waals surface area contributed by atoms with E-state index in [2.05, 4.69) is 20.6 Å². The summed E-state index contributed by atoms with van der Waals surface area (Å²) in [5, 5.41) is 24.4. The zero-order valence-corrected chi connectivity index (χ0v) is 16.0. The number of sulfonamides is 2. The van der Waals surface area contributed by atoms with Gasteiger partial charge in [0.1, 0.15) is 0 Å². The van der Waals surface area contributed by atoms with Gasteiger partial charge in [0, 0.05) is 0 Å². The fraction of sp³-hybridized carbons (Fsp3) is 0.188. The molecule has 4 rings (SSSR count). The number of aromatic nitrogens is 4. The Kier molecular flexibility index (Phi) is 4.30. The average molecular weight is 420 g/mol. The largest absolute Gasteiger partial charge is 0.239 e. The summed E-state index contributed by atoms with van der Waals surface area (Å²) in [4.78, 5) is -0.0944. The Hall–Kier alpha value is -2.67. The van der Waals surface area contributed by atoms with Gasteiger partial charge in [-0.15, -0.1) is 10.2 Å². The minimum atomic E-state index is -4.09. The number of nitrogens with two attached hydrogens (primary N) is 2. The van der Waals surface area contributed by atoms with Gasteiger partial charge < -0.3 is 0 Å². The van der Waals surface area contributed by atoms with Crippen LogP contribution in [0.25, 0.3) is 22.5 Å². The molecule has 10 nitrogen and oxygen atoms in total. The van der Waals surface area contributed by atoms with Crippen LogP contribution in [0.4, 0.5) is 0 Å². The number of nitrogens with one attached hydrogen (secondary N) is 1. The molecular formula is C16H16N6O4S2. The molecule has 1 saturated carbocycles. The number of hydrogen-bond acceptors (Lipinski definition) is 7. The Bertz CT molecular complexity index is 1250. The van der Waals surface area contributed by atoms with Crippen LogP contribution >= 0.6 is 0 Å². The zero-order valence-electron chi connectivity index (χ0n) is 14.4. The van der Waals surface area contributed by atoms with Gasteiger partial charge in [0.05, 0.1) is 15.4 Å². The van der Waals surface area contributed by atoms with E-state index in [1.165, 1.54) is 24.3 Å². The van der Waals surface area contributed by atoms with Gasteiger partial charge in [-0.3, -0.25) is 0 Å². The first kappa shape index (κ1) is 18.7. The van der Waals surface area contributed by atoms with Crippen molar-refractivity contribution >= 4 is 20.0 Å². The fourth-order valence-electron chi connectivity index (χ4n) is 3.18. The van der Waals surface area contributed by atoms with Gasteiger partial charge in [0.25, 0.3) is 0 Å². The standard InChI is InChI=1S/C16H16N6O4S2/c17-27(23,24)11-5-3-9(4-6-11)12-7-8-13(10-1-2-10)15(28(18,25)26)14(12)16-19-21-22-20-16/h3-8,10H,1-2H2,(H2,17,23,24)(H2,18,25,26)(H,19,20,21,22). The van der Waals surface area contributed by atoms with E-state index in [1.807, 2.05) is 0 Å². The number of tetrazole rings is 1. The highest BCUT2D eigenvalue weighted by atomic mass is 32.2. The number of benzene rings is 2. The maximum atomic E-state index is 12.5. The normalized spacial score (nSPS) is 14.9. The fourth-order valence-corrected chi connectivity index (χ4v) is 4.74. The quantitative estimate of drug-likeness (QED) is 0.544. The molecule has 1 aliphatic carbocycles. The van der Waals surface area contributed by atoms with Crippen LogP contribution < -0.4 is 10.3 Å². The lowest BCUT2D eigenvalue weighted by molar-refractivity contribution is 0.595. The molecule has 1 heterocycles. The monoisotopic (exact) mass is 420 g/mol. The molecule has 1 aromatic heterocycles. The second kappa shape index (κ2) is 6.44. The zero-order chi connectivity index (χ0) is 20.1. The Balaban J connectivity index is 2.01. The third-order valence-corrected chi connectivity index (χ3v) is 6.49. The predicted molar refractivity (Wildman–Crippen MR) is 99.8 cm³/mol. The Labute approximate surface area is 161 Å². The highest BCUT2D eigenvalue weighted by molar-refractivity contribution is 7.89. The molecule has 3 aromatic rings. The number of hydrogen-bond donors (Lipinski definition) is 3. The predicted octanol–water partition coefficient (Wildman–Crippen LogP) is 0.706. The van der Waals surface area contributed by atoms with Crippen LogP contribution in [0.15, 0.2) is 46.2 Å². The summed E-state index contributed by atoms with van der Waals surface area (Å²) in [7, 11) is -7.95. The summed E-state index contributed by atoms with van der Waals surface area (Å²) in [5.74, 6) is 0.190. The molecule has 0 radical (unpaired) electrons. The molecule has 0 amide bonds. The van der Waals surface area contributed by atoms with Crippen LogP contribution in [0.5, 0.6) is 0 Å². The van der Waals surface area contributed by atoms with Crippen molar-refractivity contribution in [2.24, 2.45) is 10.3 Å². The van der Waals surface area contributed by atoms with Gasteiger partial charge in [-0.2, -0.15) is 5.21 Å². The van der Waals surface area contributed by atoms with Crippen LogP contribution in [0.1, 0.15) is 24.3 Å². The average Bonchev–Trinajstić information content (AvgIpc) is 3.33. The van der Waals surface area contributed by atoms with Crippen molar-refractivity contribution in [1.29, 1.82) is 0 Å². The van der Waals surface area contributed by atoms with Crippen LogP contribution in [0, 0.1) is 0 Å². The second-order valence-corrected chi connectivity index (χ2v) is 9.59. The molecule has 5 N–H and O–H groups in total. The van der Waals surface area contributed by atoms with Gasteiger partial charge in [-0.05, 0) is 52.8 Å². The SMILES string of the molecule is NS(=O)(=O)c1ccc(-c2ccc(C3CC3)c(S(N)(=O)=O)c2-c2nn[nH]n2)cc1. The molecule has 146 valence electrons. The Morgan fingerprint density at radius 2 is 1.61 bits per heavy atom. The van der Waals surface area contributed by atoms with E-state index in [0.29, 0.717) is 16.7 Å². The molecule has 12 heteroatoms. The summed E-state index contributed by atoms with van der Waals surface area (Å²) in [6.07, 6.45) is 1.74. The first-order chi connectivity index (χ1) is 13.2. The van der Waals surface area contributed by atoms with E-state index in [4.69, 9.17) is 10.3 Å². The summed E-state index contributed by atoms with van der Waals surface area (Å²) in [6.45, 7) is 0. The number of rotatable bonds is 5. The van der Waals surface area contributed by atoms with Crippen LogP contribution in [0.3, 0.4) is 0 Å². The third kappa shape index (κ3) is 3.42. The maximum absolute atomic E-state index is 12.5. The van der Waals surface area contributed by atoms with E-state index in [1.54, 1.807) is 12.1 Å². The van der Waals surface area contributed by atoms with Crippen molar-refractivity contribution in [2.75, 3.05) is 0 Å². The Morgan fingerprint density at radius 1 is 0.929 bits per heavy atom. The van der Waals surface area contributed by atoms with Gasteiger partial charge in [0.2, 0.25) is 25.9 Å². The number of nitrogens with zero attached hydrogens (tertiary/aromatic N) is 3. The highest BCUT2D eigenvalue weighted by Gasteiger charge is 2.33. The molecule has 0 spiro atoms. The molecule has 0 bridgehead atoms. The molecule has 0 saturated heterocycles. The number of aromatic amines is 1. The summed E-state index contributed by atoms with van der Waals surface area (Å²) in [5.41, 5.74) is 1.88. The maximum Gasteiger partial charge on any atom is 0.239 e. The van der Waals surface area contributed by atoms with Crippen molar-refractivity contribution in [2.45, 2.75) is 28.6 Å². The summed E-state index contributed by atoms with van der Waals surface area (Å²) < 4.78 is 47.9. The van der Waals surface area contributed by atoms with Crippen molar-refractivity contribution in [3.8, 4) is 22.5 Å². The van der Waals surface area contributed by atoms with Crippen molar-refractivity contribution in [3.05, 3.63) is 42.0 Å². The third-order valence-electron chi connectivity index (χ3n) is 4.55. The van der Waals surface area contributed by atoms with Crippen LogP contribution in [0.2, 0.25) is 0 Å². The van der Waals surface area contributed by atoms with Gasteiger partial charge in [-0.1, -0.05) is 24.3 Å².